The first-order valence-corrected chi connectivity index (χ1v) is 8.45. The zero-order valence-corrected chi connectivity index (χ0v) is 14.6. The number of carbonyl (C=O) groups is 1. The highest BCUT2D eigenvalue weighted by Crippen LogP contribution is 2.22. The van der Waals surface area contributed by atoms with Crippen LogP contribution in [0, 0.1) is 0 Å². The van der Waals surface area contributed by atoms with Crippen LogP contribution in [-0.4, -0.2) is 16.4 Å². The maximum atomic E-state index is 12.4. The van der Waals surface area contributed by atoms with Crippen molar-refractivity contribution in [2.45, 2.75) is 43.4 Å². The van der Waals surface area contributed by atoms with E-state index in [1.807, 2.05) is 31.2 Å². The fourth-order valence-corrected chi connectivity index (χ4v) is 3.03. The normalized spacial score (nSPS) is 12.4. The molecule has 124 valence electrons. The molecule has 0 fully saturated rings. The van der Waals surface area contributed by atoms with Gasteiger partial charge in [0.05, 0.1) is 5.25 Å². The predicted molar refractivity (Wildman–Crippen MR) is 89.6 cm³/mol. The maximum Gasteiger partial charge on any atom is 0.441 e. The van der Waals surface area contributed by atoms with Gasteiger partial charge in [0, 0.05) is 5.69 Å². The van der Waals surface area contributed by atoms with Gasteiger partial charge in [-0.3, -0.25) is 9.32 Å². The zero-order valence-electron chi connectivity index (χ0n) is 13.8. The van der Waals surface area contributed by atoms with Crippen LogP contribution in [0.3, 0.4) is 0 Å². The SMILES string of the molecule is CCC(Sc1c(=O)o[nH][n+]1C)C(=O)Nc1ccc(C(C)C)cc1. The largest absolute Gasteiger partial charge is 0.441 e. The van der Waals surface area contributed by atoms with E-state index in [1.165, 1.54) is 22.0 Å². The lowest BCUT2D eigenvalue weighted by molar-refractivity contribution is -0.772. The fourth-order valence-electron chi connectivity index (χ4n) is 2.09. The Bertz CT molecular complexity index is 719. The Morgan fingerprint density at radius 3 is 2.48 bits per heavy atom. The second-order valence-corrected chi connectivity index (χ2v) is 6.82. The summed E-state index contributed by atoms with van der Waals surface area (Å²) in [6.07, 6.45) is 0.602. The summed E-state index contributed by atoms with van der Waals surface area (Å²) < 4.78 is 6.18. The number of hydrogen-bond acceptors (Lipinski definition) is 4. The van der Waals surface area contributed by atoms with Crippen molar-refractivity contribution in [3.05, 3.63) is 40.2 Å². The number of thioether (sulfide) groups is 1. The van der Waals surface area contributed by atoms with Crippen LogP contribution in [-0.2, 0) is 11.8 Å². The second-order valence-electron chi connectivity index (χ2n) is 5.63. The number of aromatic nitrogens is 2. The van der Waals surface area contributed by atoms with Crippen molar-refractivity contribution in [2.24, 2.45) is 7.05 Å². The molecule has 2 aromatic rings. The summed E-state index contributed by atoms with van der Waals surface area (Å²) in [6.45, 7) is 6.16. The quantitative estimate of drug-likeness (QED) is 0.627. The summed E-state index contributed by atoms with van der Waals surface area (Å²) >= 11 is 1.20. The van der Waals surface area contributed by atoms with Gasteiger partial charge in [0.15, 0.2) is 7.05 Å². The number of benzene rings is 1. The third kappa shape index (κ3) is 4.25. The van der Waals surface area contributed by atoms with Crippen LogP contribution in [0.1, 0.15) is 38.7 Å². The molecule has 23 heavy (non-hydrogen) atoms. The van der Waals surface area contributed by atoms with E-state index in [-0.39, 0.29) is 11.2 Å². The number of aromatic amines is 1. The zero-order chi connectivity index (χ0) is 17.0. The number of carbonyl (C=O) groups excluding carboxylic acids is 1. The van der Waals surface area contributed by atoms with Crippen molar-refractivity contribution in [3.8, 4) is 0 Å². The van der Waals surface area contributed by atoms with E-state index in [9.17, 15) is 9.59 Å². The number of nitrogens with zero attached hydrogens (tertiary/aromatic N) is 1. The molecule has 0 spiro atoms. The molecule has 1 unspecified atom stereocenters. The standard InChI is InChI=1S/C16H21N3O3S/c1-5-13(23-15-16(21)22-18-19(15)4)14(20)17-12-8-6-11(7-9-12)10(2)3/h6-10,13H,5H2,1-4H3,(H-,17,18,20,21)/p+1. The van der Waals surface area contributed by atoms with Crippen LogP contribution >= 0.6 is 11.8 Å². The molecule has 0 saturated carbocycles. The van der Waals surface area contributed by atoms with Crippen molar-refractivity contribution < 1.29 is 14.0 Å². The Morgan fingerprint density at radius 2 is 2.00 bits per heavy atom. The van der Waals surface area contributed by atoms with Crippen LogP contribution in [0.25, 0.3) is 0 Å². The molecule has 0 aliphatic heterocycles. The van der Waals surface area contributed by atoms with Gasteiger partial charge >= 0.3 is 10.7 Å². The van der Waals surface area contributed by atoms with Crippen molar-refractivity contribution in [1.29, 1.82) is 0 Å². The summed E-state index contributed by atoms with van der Waals surface area (Å²) in [5, 5.41) is 5.35. The average Bonchev–Trinajstić information content (AvgIpc) is 2.84. The molecule has 0 aliphatic carbocycles. The van der Waals surface area contributed by atoms with Gasteiger partial charge in [-0.05, 0) is 47.1 Å². The van der Waals surface area contributed by atoms with Crippen LogP contribution in [0.4, 0.5) is 5.69 Å². The summed E-state index contributed by atoms with van der Waals surface area (Å²) in [6, 6.07) is 7.81. The molecular weight excluding hydrogens is 314 g/mol. The monoisotopic (exact) mass is 336 g/mol. The summed E-state index contributed by atoms with van der Waals surface area (Å²) in [5.41, 5.74) is 1.51. The van der Waals surface area contributed by atoms with Gasteiger partial charge in [0.2, 0.25) is 5.91 Å². The molecule has 0 bridgehead atoms. The second kappa shape index (κ2) is 7.50. The molecule has 0 radical (unpaired) electrons. The van der Waals surface area contributed by atoms with Gasteiger partial charge in [-0.25, -0.2) is 4.79 Å². The van der Waals surface area contributed by atoms with Gasteiger partial charge in [0.1, 0.15) is 0 Å². The van der Waals surface area contributed by atoms with Crippen molar-refractivity contribution in [3.63, 3.8) is 0 Å². The molecule has 0 saturated heterocycles. The van der Waals surface area contributed by atoms with E-state index in [0.717, 1.165) is 5.69 Å². The minimum absolute atomic E-state index is 0.129. The molecular formula is C16H22N3O3S+. The number of aryl methyl sites for hydroxylation is 1. The lowest BCUT2D eigenvalue weighted by Crippen LogP contribution is -2.35. The molecule has 0 aliphatic rings. The average molecular weight is 336 g/mol. The molecule has 1 heterocycles. The Balaban J connectivity index is 2.06. The van der Waals surface area contributed by atoms with E-state index in [2.05, 4.69) is 24.4 Å². The fraction of sp³-hybridized carbons (Fsp3) is 0.438. The van der Waals surface area contributed by atoms with E-state index >= 15 is 0 Å². The van der Waals surface area contributed by atoms with Gasteiger partial charge in [-0.2, -0.15) is 0 Å². The van der Waals surface area contributed by atoms with E-state index in [0.29, 0.717) is 17.4 Å². The molecule has 1 atom stereocenters. The Hall–Kier alpha value is -2.02. The predicted octanol–water partition coefficient (Wildman–Crippen LogP) is 2.43. The topological polar surface area (TPSA) is 79.0 Å². The lowest BCUT2D eigenvalue weighted by atomic mass is 10.0. The molecule has 1 amide bonds. The highest BCUT2D eigenvalue weighted by atomic mass is 32.2. The number of nitrogens with one attached hydrogen (secondary N) is 2. The Kier molecular flexibility index (Phi) is 5.65. The first-order valence-electron chi connectivity index (χ1n) is 7.57. The highest BCUT2D eigenvalue weighted by molar-refractivity contribution is 8.00. The highest BCUT2D eigenvalue weighted by Gasteiger charge is 2.27. The molecule has 1 aromatic heterocycles. The smallest absolute Gasteiger partial charge is 0.325 e. The van der Waals surface area contributed by atoms with Crippen molar-refractivity contribution in [2.75, 3.05) is 5.32 Å². The van der Waals surface area contributed by atoms with Crippen LogP contribution in [0.5, 0.6) is 0 Å². The van der Waals surface area contributed by atoms with Gasteiger partial charge in [0.25, 0.3) is 0 Å². The molecule has 6 nitrogen and oxygen atoms in total. The minimum atomic E-state index is -0.468. The third-order valence-electron chi connectivity index (χ3n) is 3.52. The number of H-pyrrole nitrogens is 1. The summed E-state index contributed by atoms with van der Waals surface area (Å²) in [5.74, 6) is 0.321. The van der Waals surface area contributed by atoms with Crippen LogP contribution in [0.15, 0.2) is 38.6 Å². The molecule has 1 aromatic carbocycles. The summed E-state index contributed by atoms with van der Waals surface area (Å²) in [4.78, 5) is 24.0. The first kappa shape index (κ1) is 17.3. The van der Waals surface area contributed by atoms with E-state index < -0.39 is 5.63 Å². The number of hydrogen-bond donors (Lipinski definition) is 2. The van der Waals surface area contributed by atoms with E-state index in [4.69, 9.17) is 4.52 Å². The molecule has 2 rings (SSSR count). The number of amides is 1. The van der Waals surface area contributed by atoms with Gasteiger partial charge < -0.3 is 5.32 Å². The van der Waals surface area contributed by atoms with Crippen molar-refractivity contribution >= 4 is 23.4 Å². The van der Waals surface area contributed by atoms with Crippen LogP contribution in [0.2, 0.25) is 0 Å². The number of anilines is 1. The number of rotatable bonds is 6. The maximum absolute atomic E-state index is 12.4. The first-order chi connectivity index (χ1) is 10.9. The van der Waals surface area contributed by atoms with E-state index in [1.54, 1.807) is 7.05 Å². The van der Waals surface area contributed by atoms with Crippen molar-refractivity contribution in [1.82, 2.24) is 5.27 Å². The van der Waals surface area contributed by atoms with Crippen LogP contribution < -0.4 is 15.6 Å². The van der Waals surface area contributed by atoms with Gasteiger partial charge in [-0.15, -0.1) is 0 Å². The minimum Gasteiger partial charge on any atom is -0.325 e. The van der Waals surface area contributed by atoms with Gasteiger partial charge in [-0.1, -0.05) is 37.6 Å². The summed E-state index contributed by atoms with van der Waals surface area (Å²) in [7, 11) is 1.67. The third-order valence-corrected chi connectivity index (χ3v) is 5.01. The lowest BCUT2D eigenvalue weighted by Gasteiger charge is -2.13. The Labute approximate surface area is 139 Å². The Morgan fingerprint density at radius 1 is 1.35 bits per heavy atom. The molecule has 7 heteroatoms. The molecule has 2 N–H and O–H groups in total.